The van der Waals surface area contributed by atoms with Gasteiger partial charge in [-0.1, -0.05) is 17.7 Å². The number of hydrogen-bond donors (Lipinski definition) is 0. The summed E-state index contributed by atoms with van der Waals surface area (Å²) in [6, 6.07) is 5.40. The zero-order valence-corrected chi connectivity index (χ0v) is 11.4. The van der Waals surface area contributed by atoms with Gasteiger partial charge in [-0.25, -0.2) is 0 Å². The Bertz CT molecular complexity index is 528. The molecular weight excluding hydrogens is 278 g/mol. The highest BCUT2D eigenvalue weighted by molar-refractivity contribution is 7.86. The van der Waals surface area contributed by atoms with Crippen molar-refractivity contribution in [3.8, 4) is 5.75 Å². The van der Waals surface area contributed by atoms with Crippen LogP contribution in [0.5, 0.6) is 5.75 Å². The molecule has 3 nitrogen and oxygen atoms in total. The van der Waals surface area contributed by atoms with Crippen LogP contribution in [0, 0.1) is 0 Å². The molecule has 0 N–H and O–H groups in total. The van der Waals surface area contributed by atoms with Crippen LogP contribution in [0.25, 0.3) is 0 Å². The van der Waals surface area contributed by atoms with Crippen LogP contribution in [0.2, 0.25) is 5.02 Å². The Kier molecular flexibility index (Phi) is 4.15. The molecular formula is C11H10ClNO2S2. The quantitative estimate of drug-likeness (QED) is 0.867. The van der Waals surface area contributed by atoms with Crippen LogP contribution in [0.15, 0.2) is 34.0 Å². The van der Waals surface area contributed by atoms with E-state index in [0.29, 0.717) is 22.2 Å². The first-order chi connectivity index (χ1) is 8.22. The summed E-state index contributed by atoms with van der Waals surface area (Å²) < 4.78 is 17.9. The fourth-order valence-electron chi connectivity index (χ4n) is 1.31. The minimum Gasteiger partial charge on any atom is -0.495 e. The highest BCUT2D eigenvalue weighted by Gasteiger charge is 2.13. The first kappa shape index (κ1) is 12.5. The fourth-order valence-corrected chi connectivity index (χ4v) is 3.71. The van der Waals surface area contributed by atoms with Gasteiger partial charge in [-0.3, -0.25) is 9.19 Å². The first-order valence-electron chi connectivity index (χ1n) is 4.81. The third-order valence-corrected chi connectivity index (χ3v) is 5.17. The molecule has 0 amide bonds. The molecule has 1 unspecified atom stereocenters. The molecule has 0 aliphatic heterocycles. The highest BCUT2D eigenvalue weighted by Crippen LogP contribution is 2.28. The van der Waals surface area contributed by atoms with Crippen molar-refractivity contribution in [2.75, 3.05) is 7.11 Å². The molecule has 0 saturated carbocycles. The second-order valence-electron chi connectivity index (χ2n) is 3.20. The van der Waals surface area contributed by atoms with E-state index < -0.39 is 10.8 Å². The van der Waals surface area contributed by atoms with E-state index in [0.717, 1.165) is 4.21 Å². The molecule has 2 aromatic heterocycles. The van der Waals surface area contributed by atoms with Crippen LogP contribution in [0.3, 0.4) is 0 Å². The lowest BCUT2D eigenvalue weighted by Gasteiger charge is -2.06. The molecule has 0 saturated heterocycles. The van der Waals surface area contributed by atoms with Gasteiger partial charge in [0.1, 0.15) is 10.8 Å². The molecule has 1 atom stereocenters. The maximum atomic E-state index is 12.0. The number of halogens is 1. The lowest BCUT2D eigenvalue weighted by Crippen LogP contribution is -1.99. The summed E-state index contributed by atoms with van der Waals surface area (Å²) in [6.07, 6.45) is 1.60. The molecule has 90 valence electrons. The summed E-state index contributed by atoms with van der Waals surface area (Å²) in [6.45, 7) is 0. The molecule has 0 spiro atoms. The van der Waals surface area contributed by atoms with E-state index in [4.69, 9.17) is 16.3 Å². The van der Waals surface area contributed by atoms with Crippen LogP contribution >= 0.6 is 22.9 Å². The molecule has 6 heteroatoms. The van der Waals surface area contributed by atoms with Crippen LogP contribution in [-0.2, 0) is 16.6 Å². The van der Waals surface area contributed by atoms with E-state index in [1.165, 1.54) is 11.3 Å². The summed E-state index contributed by atoms with van der Waals surface area (Å²) in [5.74, 6) is 0.858. The number of pyridine rings is 1. The minimum absolute atomic E-state index is 0.302. The average Bonchev–Trinajstić information content (AvgIpc) is 2.85. The molecule has 2 aromatic rings. The number of hydrogen-bond acceptors (Lipinski definition) is 4. The largest absolute Gasteiger partial charge is 0.495 e. The number of ether oxygens (including phenoxy) is 1. The van der Waals surface area contributed by atoms with Crippen molar-refractivity contribution in [1.82, 2.24) is 4.98 Å². The molecule has 0 radical (unpaired) electrons. The van der Waals surface area contributed by atoms with Gasteiger partial charge in [0.15, 0.2) is 0 Å². The van der Waals surface area contributed by atoms with Gasteiger partial charge >= 0.3 is 0 Å². The second-order valence-corrected chi connectivity index (χ2v) is 6.20. The number of thiophene rings is 1. The van der Waals surface area contributed by atoms with E-state index in [9.17, 15) is 4.21 Å². The smallest absolute Gasteiger partial charge is 0.140 e. The number of nitrogens with zero attached hydrogens (tertiary/aromatic N) is 1. The van der Waals surface area contributed by atoms with Gasteiger partial charge in [-0.05, 0) is 11.4 Å². The van der Waals surface area contributed by atoms with Crippen molar-refractivity contribution in [3.63, 3.8) is 0 Å². The molecule has 0 aromatic carbocycles. The van der Waals surface area contributed by atoms with Gasteiger partial charge in [0, 0.05) is 12.3 Å². The van der Waals surface area contributed by atoms with Gasteiger partial charge in [0.2, 0.25) is 0 Å². The third kappa shape index (κ3) is 2.86. The maximum Gasteiger partial charge on any atom is 0.140 e. The van der Waals surface area contributed by atoms with Crippen molar-refractivity contribution in [1.29, 1.82) is 0 Å². The van der Waals surface area contributed by atoms with Gasteiger partial charge in [-0.15, -0.1) is 11.3 Å². The van der Waals surface area contributed by atoms with Crippen LogP contribution in [0.1, 0.15) is 5.69 Å². The SMILES string of the molecule is COc1ccnc(CS(=O)c2cccs2)c1Cl. The van der Waals surface area contributed by atoms with E-state index in [1.54, 1.807) is 19.4 Å². The molecule has 0 bridgehead atoms. The molecule has 0 aliphatic carbocycles. The zero-order valence-electron chi connectivity index (χ0n) is 9.05. The third-order valence-electron chi connectivity index (χ3n) is 2.13. The van der Waals surface area contributed by atoms with Crippen molar-refractivity contribution in [3.05, 3.63) is 40.5 Å². The molecule has 0 fully saturated rings. The summed E-state index contributed by atoms with van der Waals surface area (Å²) in [5, 5.41) is 2.33. The summed E-state index contributed by atoms with van der Waals surface area (Å²) in [5.41, 5.74) is 0.595. The highest BCUT2D eigenvalue weighted by atomic mass is 35.5. The predicted octanol–water partition coefficient (Wildman–Crippen LogP) is 3.11. The average molecular weight is 288 g/mol. The maximum absolute atomic E-state index is 12.0. The van der Waals surface area contributed by atoms with Crippen molar-refractivity contribution < 1.29 is 8.95 Å². The molecule has 0 aliphatic rings. The first-order valence-corrected chi connectivity index (χ1v) is 7.39. The van der Waals surface area contributed by atoms with Gasteiger partial charge in [-0.2, -0.15) is 0 Å². The number of aromatic nitrogens is 1. The van der Waals surface area contributed by atoms with Crippen LogP contribution in [-0.4, -0.2) is 16.3 Å². The van der Waals surface area contributed by atoms with E-state index in [-0.39, 0.29) is 0 Å². The Labute approximate surface area is 111 Å². The lowest BCUT2D eigenvalue weighted by molar-refractivity contribution is 0.414. The second kappa shape index (κ2) is 5.62. The van der Waals surface area contributed by atoms with E-state index in [2.05, 4.69) is 4.98 Å². The normalized spacial score (nSPS) is 12.4. The topological polar surface area (TPSA) is 39.2 Å². The Balaban J connectivity index is 2.22. The zero-order chi connectivity index (χ0) is 12.3. The molecule has 2 rings (SSSR count). The van der Waals surface area contributed by atoms with Crippen LogP contribution in [0.4, 0.5) is 0 Å². The number of rotatable bonds is 4. The van der Waals surface area contributed by atoms with E-state index in [1.807, 2.05) is 17.5 Å². The molecule has 2 heterocycles. The summed E-state index contributed by atoms with van der Waals surface area (Å²) in [7, 11) is 0.435. The van der Waals surface area contributed by atoms with Crippen molar-refractivity contribution >= 4 is 33.7 Å². The Morgan fingerprint density at radius 1 is 1.53 bits per heavy atom. The lowest BCUT2D eigenvalue weighted by atomic mass is 10.3. The monoisotopic (exact) mass is 287 g/mol. The predicted molar refractivity (Wildman–Crippen MR) is 70.2 cm³/mol. The van der Waals surface area contributed by atoms with Crippen LogP contribution < -0.4 is 4.74 Å². The Morgan fingerprint density at radius 2 is 2.35 bits per heavy atom. The van der Waals surface area contributed by atoms with Gasteiger partial charge < -0.3 is 4.74 Å². The van der Waals surface area contributed by atoms with Crippen molar-refractivity contribution in [2.24, 2.45) is 0 Å². The summed E-state index contributed by atoms with van der Waals surface area (Å²) >= 11 is 7.56. The summed E-state index contributed by atoms with van der Waals surface area (Å²) in [4.78, 5) is 4.14. The Hall–Kier alpha value is -0.910. The van der Waals surface area contributed by atoms with E-state index >= 15 is 0 Å². The minimum atomic E-state index is -1.11. The van der Waals surface area contributed by atoms with Gasteiger partial charge in [0.05, 0.1) is 33.6 Å². The standard InChI is InChI=1S/C11H10ClNO2S2/c1-15-9-4-5-13-8(11(9)12)7-17(14)10-3-2-6-16-10/h2-6H,7H2,1H3. The number of methoxy groups -OCH3 is 1. The molecule has 17 heavy (non-hydrogen) atoms. The van der Waals surface area contributed by atoms with Crippen molar-refractivity contribution in [2.45, 2.75) is 9.96 Å². The fraction of sp³-hybridized carbons (Fsp3) is 0.182. The van der Waals surface area contributed by atoms with Gasteiger partial charge in [0.25, 0.3) is 0 Å². The Morgan fingerprint density at radius 3 is 3.00 bits per heavy atom.